The first kappa shape index (κ1) is 15.2. The topological polar surface area (TPSA) is 75.6 Å². The molecule has 0 heterocycles. The van der Waals surface area contributed by atoms with Crippen molar-refractivity contribution in [1.29, 1.82) is 0 Å². The van der Waals surface area contributed by atoms with Gasteiger partial charge in [0.25, 0.3) is 5.92 Å². The number of ether oxygens (including phenoxy) is 1. The molecule has 2 rings (SSSR count). The quantitative estimate of drug-likeness (QED) is 0.875. The number of carbonyl (C=O) groups is 2. The molecule has 1 aliphatic rings. The first-order valence-corrected chi connectivity index (χ1v) is 6.30. The van der Waals surface area contributed by atoms with E-state index in [0.717, 1.165) is 0 Å². The van der Waals surface area contributed by atoms with Gasteiger partial charge in [-0.1, -0.05) is 0 Å². The maximum absolute atomic E-state index is 13.1. The van der Waals surface area contributed by atoms with E-state index in [1.54, 1.807) is 6.92 Å². The molecule has 2 N–H and O–H groups in total. The van der Waals surface area contributed by atoms with E-state index in [0.29, 0.717) is 17.0 Å². The molecule has 1 aromatic carbocycles. The van der Waals surface area contributed by atoms with E-state index >= 15 is 0 Å². The summed E-state index contributed by atoms with van der Waals surface area (Å²) in [5.74, 6) is -4.46. The van der Waals surface area contributed by atoms with Crippen LogP contribution in [0.25, 0.3) is 0 Å². The number of carboxylic acids is 1. The van der Waals surface area contributed by atoms with Gasteiger partial charge in [-0.2, -0.15) is 0 Å². The van der Waals surface area contributed by atoms with Gasteiger partial charge < -0.3 is 15.2 Å². The number of alkyl halides is 2. The average molecular weight is 299 g/mol. The zero-order chi connectivity index (χ0) is 15.8. The summed E-state index contributed by atoms with van der Waals surface area (Å²) in [5.41, 5.74) is -0.664. The van der Waals surface area contributed by atoms with Crippen LogP contribution in [-0.2, 0) is 9.59 Å². The molecule has 1 saturated carbocycles. The van der Waals surface area contributed by atoms with Crippen LogP contribution in [0.1, 0.15) is 18.9 Å². The summed E-state index contributed by atoms with van der Waals surface area (Å²) in [7, 11) is 0. The van der Waals surface area contributed by atoms with Crippen molar-refractivity contribution in [2.75, 3.05) is 11.9 Å². The fourth-order valence-corrected chi connectivity index (χ4v) is 1.92. The minimum atomic E-state index is -2.96. The highest BCUT2D eigenvalue weighted by Crippen LogP contribution is 2.60. The molecule has 1 amide bonds. The predicted molar refractivity (Wildman–Crippen MR) is 70.6 cm³/mol. The van der Waals surface area contributed by atoms with Gasteiger partial charge in [0, 0.05) is 12.1 Å². The third-order valence-corrected chi connectivity index (χ3v) is 3.57. The first-order chi connectivity index (χ1) is 9.65. The Hall–Kier alpha value is -2.18. The number of nitrogens with one attached hydrogen (secondary N) is 1. The molecular weight excluding hydrogens is 284 g/mol. The Kier molecular flexibility index (Phi) is 3.61. The van der Waals surface area contributed by atoms with E-state index in [2.05, 4.69) is 5.32 Å². The van der Waals surface area contributed by atoms with Crippen molar-refractivity contribution >= 4 is 17.6 Å². The van der Waals surface area contributed by atoms with Crippen molar-refractivity contribution in [1.82, 2.24) is 0 Å². The average Bonchev–Trinajstić information content (AvgIpc) is 2.90. The number of benzene rings is 1. The smallest absolute Gasteiger partial charge is 0.341 e. The van der Waals surface area contributed by atoms with E-state index in [1.165, 1.54) is 25.1 Å². The number of anilines is 1. The Labute approximate surface area is 119 Å². The summed E-state index contributed by atoms with van der Waals surface area (Å²) >= 11 is 0. The van der Waals surface area contributed by atoms with Crippen molar-refractivity contribution < 1.29 is 28.2 Å². The number of carboxylic acid groups (broad SMARTS) is 1. The third-order valence-electron chi connectivity index (χ3n) is 3.57. The van der Waals surface area contributed by atoms with Gasteiger partial charge in [0.2, 0.25) is 5.91 Å². The minimum Gasteiger partial charge on any atom is -0.482 e. The summed E-state index contributed by atoms with van der Waals surface area (Å²) in [6.07, 6.45) is -0.454. The molecule has 1 fully saturated rings. The molecule has 1 unspecified atom stereocenters. The van der Waals surface area contributed by atoms with Gasteiger partial charge in [-0.3, -0.25) is 4.79 Å². The molecule has 5 nitrogen and oxygen atoms in total. The Bertz CT molecular complexity index is 603. The molecule has 0 bridgehead atoms. The monoisotopic (exact) mass is 299 g/mol. The molecule has 0 aromatic heterocycles. The summed E-state index contributed by atoms with van der Waals surface area (Å²) in [4.78, 5) is 22.3. The molecule has 21 heavy (non-hydrogen) atoms. The Morgan fingerprint density at radius 2 is 2.05 bits per heavy atom. The molecular formula is C14H15F2NO4. The second-order valence-electron chi connectivity index (χ2n) is 5.33. The Morgan fingerprint density at radius 3 is 2.52 bits per heavy atom. The van der Waals surface area contributed by atoms with Crippen LogP contribution in [0, 0.1) is 12.3 Å². The van der Waals surface area contributed by atoms with E-state index < -0.39 is 36.2 Å². The number of hydrogen-bond donors (Lipinski definition) is 2. The number of halogens is 2. The standard InChI is InChI=1S/C14H15F2NO4/c1-8-5-9(21-6-11(18)19)3-4-10(8)17-12(20)13(2)7-14(13,15)16/h3-5H,6-7H2,1-2H3,(H,17,20)(H,18,19). The lowest BCUT2D eigenvalue weighted by molar-refractivity contribution is -0.139. The predicted octanol–water partition coefficient (Wildman–Crippen LogP) is 2.44. The second-order valence-corrected chi connectivity index (χ2v) is 5.33. The van der Waals surface area contributed by atoms with Gasteiger partial charge in [0.15, 0.2) is 6.61 Å². The largest absolute Gasteiger partial charge is 0.482 e. The number of carbonyl (C=O) groups excluding carboxylic acids is 1. The van der Waals surface area contributed by atoms with Gasteiger partial charge >= 0.3 is 5.97 Å². The van der Waals surface area contributed by atoms with Crippen LogP contribution in [0.15, 0.2) is 18.2 Å². The number of aliphatic carboxylic acids is 1. The molecule has 1 atom stereocenters. The van der Waals surface area contributed by atoms with E-state index in [1.807, 2.05) is 0 Å². The fraction of sp³-hybridized carbons (Fsp3) is 0.429. The van der Waals surface area contributed by atoms with Crippen molar-refractivity contribution in [2.45, 2.75) is 26.2 Å². The van der Waals surface area contributed by atoms with Gasteiger partial charge in [0.1, 0.15) is 11.2 Å². The molecule has 7 heteroatoms. The number of hydrogen-bond acceptors (Lipinski definition) is 3. The summed E-state index contributed by atoms with van der Waals surface area (Å²) in [6.45, 7) is 2.41. The van der Waals surface area contributed by atoms with Crippen LogP contribution in [0.4, 0.5) is 14.5 Å². The van der Waals surface area contributed by atoms with Crippen LogP contribution in [-0.4, -0.2) is 29.5 Å². The van der Waals surface area contributed by atoms with Gasteiger partial charge in [-0.05, 0) is 37.6 Å². The fourth-order valence-electron chi connectivity index (χ4n) is 1.92. The lowest BCUT2D eigenvalue weighted by Crippen LogP contribution is -2.26. The highest BCUT2D eigenvalue weighted by molar-refractivity contribution is 5.98. The molecule has 0 saturated heterocycles. The second kappa shape index (κ2) is 4.98. The van der Waals surface area contributed by atoms with E-state index in [4.69, 9.17) is 9.84 Å². The third kappa shape index (κ3) is 2.96. The maximum Gasteiger partial charge on any atom is 0.341 e. The molecule has 114 valence electrons. The van der Waals surface area contributed by atoms with Crippen LogP contribution in [0.3, 0.4) is 0 Å². The zero-order valence-corrected chi connectivity index (χ0v) is 11.6. The molecule has 1 aliphatic carbocycles. The van der Waals surface area contributed by atoms with Gasteiger partial charge in [0.05, 0.1) is 0 Å². The van der Waals surface area contributed by atoms with Gasteiger partial charge in [-0.15, -0.1) is 0 Å². The van der Waals surface area contributed by atoms with Crippen LogP contribution in [0.5, 0.6) is 5.75 Å². The van der Waals surface area contributed by atoms with Gasteiger partial charge in [-0.25, -0.2) is 13.6 Å². The van der Waals surface area contributed by atoms with Crippen molar-refractivity contribution in [3.05, 3.63) is 23.8 Å². The summed E-state index contributed by atoms with van der Waals surface area (Å²) in [5, 5.41) is 11.0. The molecule has 1 aromatic rings. The van der Waals surface area contributed by atoms with Crippen molar-refractivity contribution in [3.63, 3.8) is 0 Å². The summed E-state index contributed by atoms with van der Waals surface area (Å²) in [6, 6.07) is 4.50. The van der Waals surface area contributed by atoms with Crippen molar-refractivity contribution in [2.24, 2.45) is 5.41 Å². The number of amides is 1. The SMILES string of the molecule is Cc1cc(OCC(=O)O)ccc1NC(=O)C1(C)CC1(F)F. The van der Waals surface area contributed by atoms with E-state index in [9.17, 15) is 18.4 Å². The lowest BCUT2D eigenvalue weighted by Gasteiger charge is -2.14. The Balaban J connectivity index is 2.05. The van der Waals surface area contributed by atoms with Crippen LogP contribution < -0.4 is 10.1 Å². The first-order valence-electron chi connectivity index (χ1n) is 6.30. The maximum atomic E-state index is 13.1. The lowest BCUT2D eigenvalue weighted by atomic mass is 10.1. The highest BCUT2D eigenvalue weighted by atomic mass is 19.3. The highest BCUT2D eigenvalue weighted by Gasteiger charge is 2.72. The molecule has 0 aliphatic heterocycles. The van der Waals surface area contributed by atoms with Crippen molar-refractivity contribution in [3.8, 4) is 5.75 Å². The van der Waals surface area contributed by atoms with E-state index in [-0.39, 0.29) is 0 Å². The minimum absolute atomic E-state index is 0.330. The number of aryl methyl sites for hydroxylation is 1. The molecule has 0 spiro atoms. The molecule has 0 radical (unpaired) electrons. The van der Waals surface area contributed by atoms with Crippen LogP contribution >= 0.6 is 0 Å². The number of rotatable bonds is 5. The zero-order valence-electron chi connectivity index (χ0n) is 11.6. The van der Waals surface area contributed by atoms with Crippen LogP contribution in [0.2, 0.25) is 0 Å². The Morgan fingerprint density at radius 1 is 1.43 bits per heavy atom. The normalized spacial score (nSPS) is 22.5. The summed E-state index contributed by atoms with van der Waals surface area (Å²) < 4.78 is 31.3.